The number of methoxy groups -OCH3 is 1. The van der Waals surface area contributed by atoms with E-state index in [-0.39, 0.29) is 30.0 Å². The van der Waals surface area contributed by atoms with Gasteiger partial charge in [0.15, 0.2) is 5.75 Å². The van der Waals surface area contributed by atoms with Crippen LogP contribution in [0.2, 0.25) is 0 Å². The maximum Gasteiger partial charge on any atom is 0.311 e. The Morgan fingerprint density at radius 2 is 1.68 bits per heavy atom. The number of carbonyl (C=O) groups excluding carboxylic acids is 2. The summed E-state index contributed by atoms with van der Waals surface area (Å²) in [7, 11) is -2.97. The summed E-state index contributed by atoms with van der Waals surface area (Å²) in [6.07, 6.45) is 1.04. The Bertz CT molecular complexity index is 1430. The zero-order chi connectivity index (χ0) is 27.7. The van der Waals surface area contributed by atoms with Gasteiger partial charge in [-0.1, -0.05) is 54.6 Å². The van der Waals surface area contributed by atoms with Gasteiger partial charge in [0.05, 0.1) is 17.4 Å². The molecule has 0 aliphatic rings. The SMILES string of the molecule is CCN(C(=O)C(Cc1ccc(OC)c([N+](=O)[O-])c1)C(=O)NS(=O)(=O)/C=C/c1ccccc1)c1ccccc1. The van der Waals surface area contributed by atoms with Crippen molar-refractivity contribution in [2.24, 2.45) is 5.92 Å². The molecule has 3 aromatic carbocycles. The first-order chi connectivity index (χ1) is 18.1. The van der Waals surface area contributed by atoms with Crippen LogP contribution in [0, 0.1) is 16.0 Å². The molecule has 10 nitrogen and oxygen atoms in total. The lowest BCUT2D eigenvalue weighted by Crippen LogP contribution is -2.46. The fourth-order valence-electron chi connectivity index (χ4n) is 3.77. The van der Waals surface area contributed by atoms with Gasteiger partial charge in [0.2, 0.25) is 11.8 Å². The highest BCUT2D eigenvalue weighted by Crippen LogP contribution is 2.29. The van der Waals surface area contributed by atoms with Crippen LogP contribution in [0.25, 0.3) is 6.08 Å². The van der Waals surface area contributed by atoms with E-state index in [1.54, 1.807) is 67.6 Å². The van der Waals surface area contributed by atoms with Gasteiger partial charge < -0.3 is 9.64 Å². The lowest BCUT2D eigenvalue weighted by molar-refractivity contribution is -0.385. The van der Waals surface area contributed by atoms with E-state index in [1.165, 1.54) is 36.3 Å². The Hall–Kier alpha value is -4.51. The Balaban J connectivity index is 1.95. The van der Waals surface area contributed by atoms with Crippen LogP contribution in [0.4, 0.5) is 11.4 Å². The number of carbonyl (C=O) groups is 2. The number of amides is 2. The second kappa shape index (κ2) is 12.6. The summed E-state index contributed by atoms with van der Waals surface area (Å²) < 4.78 is 32.3. The maximum absolute atomic E-state index is 13.6. The topological polar surface area (TPSA) is 136 Å². The minimum atomic E-state index is -4.26. The number of hydrogen-bond donors (Lipinski definition) is 1. The fourth-order valence-corrected chi connectivity index (χ4v) is 4.60. The molecule has 0 spiro atoms. The van der Waals surface area contributed by atoms with Gasteiger partial charge in [0.25, 0.3) is 10.0 Å². The van der Waals surface area contributed by atoms with Crippen LogP contribution in [0.1, 0.15) is 18.1 Å². The Morgan fingerprint density at radius 3 is 2.26 bits per heavy atom. The molecule has 1 N–H and O–H groups in total. The molecule has 0 radical (unpaired) electrons. The zero-order valence-electron chi connectivity index (χ0n) is 20.8. The normalized spacial score (nSPS) is 12.1. The van der Waals surface area contributed by atoms with E-state index in [2.05, 4.69) is 0 Å². The van der Waals surface area contributed by atoms with Crippen LogP contribution in [0.15, 0.2) is 84.3 Å². The standard InChI is InChI=1S/C27H27N3O7S/c1-3-29(22-12-8-5-9-13-22)27(32)23(18-21-14-15-25(37-2)24(19-21)30(33)34)26(31)28-38(35,36)17-16-20-10-6-4-7-11-20/h4-17,19,23H,3,18H2,1-2H3,(H,28,31)/b17-16+. The van der Waals surface area contributed by atoms with E-state index in [0.717, 1.165) is 5.41 Å². The first-order valence-electron chi connectivity index (χ1n) is 11.6. The van der Waals surface area contributed by atoms with Crippen molar-refractivity contribution in [2.45, 2.75) is 13.3 Å². The van der Waals surface area contributed by atoms with E-state index in [0.29, 0.717) is 11.3 Å². The average molecular weight is 538 g/mol. The third kappa shape index (κ3) is 7.26. The van der Waals surface area contributed by atoms with Gasteiger partial charge >= 0.3 is 5.69 Å². The second-order valence-electron chi connectivity index (χ2n) is 8.16. The van der Waals surface area contributed by atoms with Crippen LogP contribution in [0.3, 0.4) is 0 Å². The van der Waals surface area contributed by atoms with Crippen molar-refractivity contribution in [1.29, 1.82) is 0 Å². The maximum atomic E-state index is 13.6. The van der Waals surface area contributed by atoms with Crippen LogP contribution in [-0.4, -0.2) is 38.8 Å². The molecule has 0 aliphatic carbocycles. The van der Waals surface area contributed by atoms with Crippen LogP contribution >= 0.6 is 0 Å². The van der Waals surface area contributed by atoms with Gasteiger partial charge in [-0.15, -0.1) is 0 Å². The van der Waals surface area contributed by atoms with Crippen molar-refractivity contribution in [2.75, 3.05) is 18.6 Å². The van der Waals surface area contributed by atoms with Crippen molar-refractivity contribution >= 4 is 39.3 Å². The van der Waals surface area contributed by atoms with E-state index in [9.17, 15) is 28.1 Å². The van der Waals surface area contributed by atoms with Gasteiger partial charge in [0.1, 0.15) is 5.92 Å². The Kier molecular flexibility index (Phi) is 9.33. The molecule has 0 aliphatic heterocycles. The van der Waals surface area contributed by atoms with Crippen LogP contribution in [0.5, 0.6) is 5.75 Å². The number of rotatable bonds is 11. The number of sulfonamides is 1. The highest BCUT2D eigenvalue weighted by Gasteiger charge is 2.33. The number of para-hydroxylation sites is 1. The monoisotopic (exact) mass is 537 g/mol. The summed E-state index contributed by atoms with van der Waals surface area (Å²) >= 11 is 0. The zero-order valence-corrected chi connectivity index (χ0v) is 21.6. The minimum Gasteiger partial charge on any atom is -0.490 e. The summed E-state index contributed by atoms with van der Waals surface area (Å²) in [5.74, 6) is -3.19. The van der Waals surface area contributed by atoms with Crippen LogP contribution in [-0.2, 0) is 26.0 Å². The van der Waals surface area contributed by atoms with Crippen molar-refractivity contribution in [3.63, 3.8) is 0 Å². The highest BCUT2D eigenvalue weighted by molar-refractivity contribution is 7.93. The molecule has 1 atom stereocenters. The molecular weight excluding hydrogens is 510 g/mol. The molecule has 2 amide bonds. The number of ether oxygens (including phenoxy) is 1. The number of nitro benzene ring substituents is 1. The first kappa shape index (κ1) is 28.1. The van der Waals surface area contributed by atoms with Gasteiger partial charge in [0, 0.05) is 18.3 Å². The fraction of sp³-hybridized carbons (Fsp3) is 0.185. The third-order valence-electron chi connectivity index (χ3n) is 5.63. The molecule has 0 fully saturated rings. The summed E-state index contributed by atoms with van der Waals surface area (Å²) in [5, 5.41) is 12.3. The van der Waals surface area contributed by atoms with Crippen molar-refractivity contribution in [3.05, 3.63) is 106 Å². The lowest BCUT2D eigenvalue weighted by Gasteiger charge is -2.26. The molecule has 0 aromatic heterocycles. The molecule has 0 saturated carbocycles. The summed E-state index contributed by atoms with van der Waals surface area (Å²) in [6, 6.07) is 21.3. The van der Waals surface area contributed by atoms with E-state index >= 15 is 0 Å². The molecule has 0 bridgehead atoms. The quantitative estimate of drug-likeness (QED) is 0.222. The molecule has 3 rings (SSSR count). The molecule has 11 heteroatoms. The summed E-state index contributed by atoms with van der Waals surface area (Å²) in [6.45, 7) is 1.92. The molecule has 0 saturated heterocycles. The number of nitrogens with zero attached hydrogens (tertiary/aromatic N) is 2. The largest absolute Gasteiger partial charge is 0.490 e. The summed E-state index contributed by atoms with van der Waals surface area (Å²) in [5.41, 5.74) is 1.06. The number of nitrogens with one attached hydrogen (secondary N) is 1. The molecular formula is C27H27N3O7S. The Morgan fingerprint density at radius 1 is 1.05 bits per heavy atom. The van der Waals surface area contributed by atoms with Gasteiger partial charge in [-0.3, -0.25) is 19.7 Å². The smallest absolute Gasteiger partial charge is 0.311 e. The average Bonchev–Trinajstić information content (AvgIpc) is 2.91. The van der Waals surface area contributed by atoms with E-state index in [1.807, 2.05) is 4.72 Å². The van der Waals surface area contributed by atoms with Crippen LogP contribution < -0.4 is 14.4 Å². The van der Waals surface area contributed by atoms with E-state index < -0.39 is 32.7 Å². The number of anilines is 1. The Labute approximate surface area is 220 Å². The number of nitro groups is 1. The number of hydrogen-bond acceptors (Lipinski definition) is 7. The summed E-state index contributed by atoms with van der Waals surface area (Å²) in [4.78, 5) is 39.1. The molecule has 0 heterocycles. The van der Waals surface area contributed by atoms with Crippen molar-refractivity contribution in [1.82, 2.24) is 4.72 Å². The molecule has 198 valence electrons. The highest BCUT2D eigenvalue weighted by atomic mass is 32.2. The minimum absolute atomic E-state index is 0.0131. The molecule has 3 aromatic rings. The van der Waals surface area contributed by atoms with Gasteiger partial charge in [-0.05, 0) is 48.7 Å². The van der Waals surface area contributed by atoms with Crippen molar-refractivity contribution in [3.8, 4) is 5.75 Å². The lowest BCUT2D eigenvalue weighted by atomic mass is 9.96. The third-order valence-corrected chi connectivity index (χ3v) is 6.61. The number of benzene rings is 3. The van der Waals surface area contributed by atoms with Gasteiger partial charge in [-0.25, -0.2) is 13.1 Å². The van der Waals surface area contributed by atoms with Crippen molar-refractivity contribution < 1.29 is 27.7 Å². The predicted molar refractivity (Wildman–Crippen MR) is 144 cm³/mol. The first-order valence-corrected chi connectivity index (χ1v) is 13.2. The molecule has 38 heavy (non-hydrogen) atoms. The predicted octanol–water partition coefficient (Wildman–Crippen LogP) is 3.93. The van der Waals surface area contributed by atoms with E-state index in [4.69, 9.17) is 4.74 Å². The second-order valence-corrected chi connectivity index (χ2v) is 9.73. The molecule has 1 unspecified atom stereocenters. The van der Waals surface area contributed by atoms with Gasteiger partial charge in [-0.2, -0.15) is 0 Å².